The molecule has 0 fully saturated rings. The van der Waals surface area contributed by atoms with E-state index in [1.54, 1.807) is 0 Å². The fourth-order valence-electron chi connectivity index (χ4n) is 2.70. The molecular weight excluding hydrogens is 492 g/mol. The van der Waals surface area contributed by atoms with E-state index < -0.39 is 61.1 Å². The van der Waals surface area contributed by atoms with Crippen LogP contribution < -0.4 is 5.32 Å². The number of rotatable bonds is 5. The minimum Gasteiger partial charge on any atom is -0.507 e. The number of amides is 1. The second kappa shape index (κ2) is 7.52. The molecule has 0 radical (unpaired) electrons. The van der Waals surface area contributed by atoms with Crippen molar-refractivity contribution in [1.29, 1.82) is 0 Å². The third-order valence-electron chi connectivity index (χ3n) is 4.00. The van der Waals surface area contributed by atoms with Crippen molar-refractivity contribution in [2.24, 2.45) is 0 Å². The Bertz CT molecular complexity index is 1500. The normalized spacial score (nSPS) is 12.7. The van der Waals surface area contributed by atoms with Gasteiger partial charge in [-0.25, -0.2) is 16.8 Å². The molecule has 166 valence electrons. The Balaban J connectivity index is 2.12. The number of nitrogens with one attached hydrogen (secondary N) is 1. The molecule has 0 spiro atoms. The van der Waals surface area contributed by atoms with E-state index in [1.165, 1.54) is 18.2 Å². The van der Waals surface area contributed by atoms with Crippen molar-refractivity contribution in [2.75, 3.05) is 17.8 Å². The number of phenols is 1. The lowest BCUT2D eigenvalue weighted by Crippen LogP contribution is -2.18. The van der Waals surface area contributed by atoms with Gasteiger partial charge in [-0.2, -0.15) is 12.8 Å². The van der Waals surface area contributed by atoms with E-state index in [4.69, 9.17) is 0 Å². The average molecular weight is 507 g/mol. The molecule has 31 heavy (non-hydrogen) atoms. The zero-order chi connectivity index (χ0) is 23.4. The topological polar surface area (TPSA) is 185 Å². The number of aromatic nitrogens is 1. The van der Waals surface area contributed by atoms with Gasteiger partial charge in [0.15, 0.2) is 28.9 Å². The molecule has 11 nitrogen and oxygen atoms in total. The van der Waals surface area contributed by atoms with Gasteiger partial charge in [-0.3, -0.25) is 9.35 Å². The summed E-state index contributed by atoms with van der Waals surface area (Å²) in [7, 11) is -12.6. The Morgan fingerprint density at radius 1 is 1.00 bits per heavy atom. The summed E-state index contributed by atoms with van der Waals surface area (Å²) < 4.78 is 82.9. The molecule has 0 aliphatic heterocycles. The molecule has 0 saturated carbocycles. The smallest absolute Gasteiger partial charge is 0.294 e. The summed E-state index contributed by atoms with van der Waals surface area (Å²) in [6.45, 7) is 0. The molecule has 0 aliphatic rings. The molecule has 2 aromatic carbocycles. The number of anilines is 1. The van der Waals surface area contributed by atoms with Crippen molar-refractivity contribution in [1.82, 2.24) is 4.37 Å². The monoisotopic (exact) mass is 506 g/mol. The maximum Gasteiger partial charge on any atom is 0.294 e. The maximum absolute atomic E-state index is 12.8. The van der Waals surface area contributed by atoms with Gasteiger partial charge in [-0.15, -0.1) is 0 Å². The first-order valence-electron chi connectivity index (χ1n) is 8.04. The minimum absolute atomic E-state index is 0.0366. The molecule has 0 saturated heterocycles. The number of phenolic OH excluding ortho intramolecular Hbond substituents is 1. The lowest BCUT2D eigenvalue weighted by Gasteiger charge is -2.09. The summed E-state index contributed by atoms with van der Waals surface area (Å²) >= 11 is 0.353. The molecule has 0 unspecified atom stereocenters. The molecule has 0 aliphatic carbocycles. The number of benzene rings is 2. The first-order chi connectivity index (χ1) is 14.1. The zero-order valence-corrected chi connectivity index (χ0v) is 19.0. The Morgan fingerprint density at radius 2 is 1.65 bits per heavy atom. The van der Waals surface area contributed by atoms with Gasteiger partial charge in [0.2, 0.25) is 0 Å². The van der Waals surface area contributed by atoms with Crippen molar-refractivity contribution in [3.05, 3.63) is 35.9 Å². The average Bonchev–Trinajstić information content (AvgIpc) is 3.06. The summed E-state index contributed by atoms with van der Waals surface area (Å²) in [5.74, 6) is -1.51. The second-order valence-corrected chi connectivity index (χ2v) is 12.8. The third-order valence-corrected chi connectivity index (χ3v) is 8.60. The maximum atomic E-state index is 12.8. The highest BCUT2D eigenvalue weighted by atomic mass is 32.2. The molecule has 1 heterocycles. The van der Waals surface area contributed by atoms with Crippen LogP contribution in [0.5, 0.6) is 5.75 Å². The van der Waals surface area contributed by atoms with Crippen LogP contribution in [0.15, 0.2) is 44.5 Å². The van der Waals surface area contributed by atoms with Crippen molar-refractivity contribution in [3.8, 4) is 5.75 Å². The number of nitrogens with zero attached hydrogens (tertiary/aromatic N) is 1. The molecule has 3 N–H and O–H groups in total. The largest absolute Gasteiger partial charge is 0.507 e. The van der Waals surface area contributed by atoms with Crippen molar-refractivity contribution in [3.63, 3.8) is 0 Å². The molecule has 0 bridgehead atoms. The van der Waals surface area contributed by atoms with E-state index in [9.17, 15) is 39.7 Å². The number of fused-ring (bicyclic) bond motifs is 1. The SMILES string of the molecule is CS(=O)(=O)c1nsc(S(C)(=O)=O)c1C(=O)Nc1ccc2c(O)cc(S(=O)(=O)O)cc2c1. The predicted octanol–water partition coefficient (Wildman–Crippen LogP) is 1.31. The van der Waals surface area contributed by atoms with Crippen LogP contribution >= 0.6 is 11.5 Å². The van der Waals surface area contributed by atoms with Crippen molar-refractivity contribution < 1.29 is 39.7 Å². The predicted molar refractivity (Wildman–Crippen MR) is 112 cm³/mol. The standard InChI is InChI=1S/C16H14N2O9S4/c1-29(21,22)15-13(16(28-18-15)30(2,23)24)14(20)17-9-3-4-11-8(5-9)6-10(7-12(11)19)31(25,26)27/h3-7,19H,1-2H3,(H,17,20)(H,25,26,27). The van der Waals surface area contributed by atoms with Crippen LogP contribution in [0, 0.1) is 0 Å². The fraction of sp³-hybridized carbons (Fsp3) is 0.125. The molecule has 1 aromatic heterocycles. The zero-order valence-electron chi connectivity index (χ0n) is 15.7. The molecule has 3 aromatic rings. The first kappa shape index (κ1) is 23.1. The lowest BCUT2D eigenvalue weighted by molar-refractivity contribution is 0.102. The van der Waals surface area contributed by atoms with Crippen LogP contribution in [0.1, 0.15) is 10.4 Å². The lowest BCUT2D eigenvalue weighted by atomic mass is 10.1. The van der Waals surface area contributed by atoms with Gasteiger partial charge in [0.05, 0.1) is 4.90 Å². The molecular formula is C16H14N2O9S4. The van der Waals surface area contributed by atoms with Crippen LogP contribution in [-0.2, 0) is 29.8 Å². The van der Waals surface area contributed by atoms with E-state index in [1.807, 2.05) is 0 Å². The molecule has 1 amide bonds. The van der Waals surface area contributed by atoms with E-state index >= 15 is 0 Å². The van der Waals surface area contributed by atoms with Crippen molar-refractivity contribution in [2.45, 2.75) is 14.1 Å². The van der Waals surface area contributed by atoms with E-state index in [2.05, 4.69) is 9.69 Å². The van der Waals surface area contributed by atoms with E-state index in [-0.39, 0.29) is 16.5 Å². The number of hydrogen-bond acceptors (Lipinski definition) is 10. The summed E-state index contributed by atoms with van der Waals surface area (Å²) in [4.78, 5) is 12.2. The van der Waals surface area contributed by atoms with Gasteiger partial charge in [0.25, 0.3) is 16.0 Å². The number of aromatic hydroxyl groups is 1. The Morgan fingerprint density at radius 3 is 2.19 bits per heavy atom. The molecule has 3 rings (SSSR count). The van der Waals surface area contributed by atoms with Gasteiger partial charge >= 0.3 is 0 Å². The van der Waals surface area contributed by atoms with Gasteiger partial charge in [-0.05, 0) is 41.2 Å². The Labute approximate surface area is 181 Å². The Kier molecular flexibility index (Phi) is 5.60. The van der Waals surface area contributed by atoms with E-state index in [0.717, 1.165) is 24.6 Å². The number of carbonyl (C=O) groups excluding carboxylic acids is 1. The fourth-order valence-corrected chi connectivity index (χ4v) is 6.34. The number of hydrogen-bond donors (Lipinski definition) is 3. The highest BCUT2D eigenvalue weighted by molar-refractivity contribution is 7.93. The molecule has 15 heteroatoms. The number of carbonyl (C=O) groups is 1. The second-order valence-electron chi connectivity index (χ2n) is 6.50. The van der Waals surface area contributed by atoms with Gasteiger partial charge in [0.1, 0.15) is 11.3 Å². The van der Waals surface area contributed by atoms with Crippen LogP contribution in [0.3, 0.4) is 0 Å². The van der Waals surface area contributed by atoms with Gasteiger partial charge < -0.3 is 10.4 Å². The van der Waals surface area contributed by atoms with Crippen LogP contribution in [-0.4, -0.2) is 57.7 Å². The Hall–Kier alpha value is -2.59. The summed E-state index contributed by atoms with van der Waals surface area (Å²) in [6.07, 6.45) is 1.58. The van der Waals surface area contributed by atoms with Crippen molar-refractivity contribution >= 4 is 63.7 Å². The quantitative estimate of drug-likeness (QED) is 0.426. The summed E-state index contributed by atoms with van der Waals surface area (Å²) in [6, 6.07) is 5.82. The van der Waals surface area contributed by atoms with Crippen LogP contribution in [0.25, 0.3) is 10.8 Å². The summed E-state index contributed by atoms with van der Waals surface area (Å²) in [5, 5.41) is 12.0. The minimum atomic E-state index is -4.62. The van der Waals surface area contributed by atoms with Gasteiger partial charge in [-0.1, -0.05) is 0 Å². The van der Waals surface area contributed by atoms with E-state index in [0.29, 0.717) is 11.5 Å². The highest BCUT2D eigenvalue weighted by Gasteiger charge is 2.31. The third kappa shape index (κ3) is 4.69. The molecule has 0 atom stereocenters. The summed E-state index contributed by atoms with van der Waals surface area (Å²) in [5.41, 5.74) is -0.598. The highest BCUT2D eigenvalue weighted by Crippen LogP contribution is 2.32. The first-order valence-corrected chi connectivity index (χ1v) is 14.0. The van der Waals surface area contributed by atoms with Crippen LogP contribution in [0.4, 0.5) is 5.69 Å². The number of sulfone groups is 2. The van der Waals surface area contributed by atoms with Crippen LogP contribution in [0.2, 0.25) is 0 Å². The van der Waals surface area contributed by atoms with Gasteiger partial charge in [0, 0.05) is 29.7 Å².